The van der Waals surface area contributed by atoms with E-state index in [4.69, 9.17) is 16.3 Å². The molecule has 47 heavy (non-hydrogen) atoms. The number of halogens is 2. The second-order valence-corrected chi connectivity index (χ2v) is 11.4. The van der Waals surface area contributed by atoms with Crippen LogP contribution in [0.2, 0.25) is 5.02 Å². The van der Waals surface area contributed by atoms with E-state index in [2.05, 4.69) is 36.2 Å². The minimum absolute atomic E-state index is 0.0430. The van der Waals surface area contributed by atoms with Crippen molar-refractivity contribution in [2.24, 2.45) is 0 Å². The van der Waals surface area contributed by atoms with Gasteiger partial charge in [0.15, 0.2) is 5.82 Å². The van der Waals surface area contributed by atoms with E-state index < -0.39 is 41.3 Å². The second-order valence-electron chi connectivity index (χ2n) is 11.0. The largest absolute Gasteiger partial charge is 0.456 e. The van der Waals surface area contributed by atoms with Crippen LogP contribution in [-0.2, 0) is 25.5 Å². The summed E-state index contributed by atoms with van der Waals surface area (Å²) < 4.78 is 26.2. The van der Waals surface area contributed by atoms with Crippen molar-refractivity contribution >= 4 is 52.9 Å². The number of nitrogens with one attached hydrogen (secondary N) is 3. The average molecular weight is 664 g/mol. The van der Waals surface area contributed by atoms with Crippen LogP contribution in [0, 0.1) is 5.82 Å². The molecule has 1 atom stereocenters. The minimum Gasteiger partial charge on any atom is -0.456 e. The molecule has 3 aromatic carbocycles. The molecule has 15 heteroatoms. The van der Waals surface area contributed by atoms with E-state index in [-0.39, 0.29) is 22.7 Å². The molecule has 3 N–H and O–H groups in total. The van der Waals surface area contributed by atoms with Crippen molar-refractivity contribution in [3.05, 3.63) is 101 Å². The molecule has 0 aliphatic heterocycles. The Bertz CT molecular complexity index is 1770. The van der Waals surface area contributed by atoms with Crippen LogP contribution in [0.1, 0.15) is 42.3 Å². The SMILES string of the molecule is COC(=O)Nc1ccc(CC(NC(=O)C=Cc2c(-n3cnnn3)ccc(Cl)c2F)C(=O)Nc2ccc(C(=O)OC(C)(C)C)cc2)cc1. The Labute approximate surface area is 274 Å². The fourth-order valence-corrected chi connectivity index (χ4v) is 4.32. The summed E-state index contributed by atoms with van der Waals surface area (Å²) in [5, 5.41) is 18.6. The number of benzene rings is 3. The van der Waals surface area contributed by atoms with E-state index in [9.17, 15) is 23.6 Å². The third kappa shape index (κ3) is 9.68. The molecule has 4 aromatic rings. The van der Waals surface area contributed by atoms with Gasteiger partial charge in [-0.3, -0.25) is 14.9 Å². The second kappa shape index (κ2) is 15.1. The van der Waals surface area contributed by atoms with Crippen LogP contribution >= 0.6 is 11.6 Å². The normalized spacial score (nSPS) is 11.9. The minimum atomic E-state index is -1.11. The number of methoxy groups -OCH3 is 1. The number of esters is 1. The number of hydrogen-bond acceptors (Lipinski definition) is 9. The average Bonchev–Trinajstić information content (AvgIpc) is 3.56. The number of carbonyl (C=O) groups excluding carboxylic acids is 4. The van der Waals surface area contributed by atoms with Crippen molar-refractivity contribution in [1.29, 1.82) is 0 Å². The first-order valence-corrected chi connectivity index (χ1v) is 14.5. The quantitative estimate of drug-likeness (QED) is 0.157. The van der Waals surface area contributed by atoms with Crippen molar-refractivity contribution in [2.75, 3.05) is 17.7 Å². The van der Waals surface area contributed by atoms with Gasteiger partial charge in [0.2, 0.25) is 11.8 Å². The molecule has 0 radical (unpaired) electrons. The summed E-state index contributed by atoms with van der Waals surface area (Å²) in [7, 11) is 1.24. The fraction of sp³-hybridized carbons (Fsp3) is 0.219. The van der Waals surface area contributed by atoms with Gasteiger partial charge < -0.3 is 20.1 Å². The Morgan fingerprint density at radius 3 is 2.26 bits per heavy atom. The summed E-state index contributed by atoms with van der Waals surface area (Å²) in [5.74, 6) is -2.60. The van der Waals surface area contributed by atoms with Crippen LogP contribution in [0.5, 0.6) is 0 Å². The number of tetrazole rings is 1. The number of hydrogen-bond donors (Lipinski definition) is 3. The number of carbonyl (C=O) groups is 4. The Morgan fingerprint density at radius 2 is 1.64 bits per heavy atom. The lowest BCUT2D eigenvalue weighted by Crippen LogP contribution is -2.44. The highest BCUT2D eigenvalue weighted by Crippen LogP contribution is 2.25. The highest BCUT2D eigenvalue weighted by molar-refractivity contribution is 6.31. The third-order valence-electron chi connectivity index (χ3n) is 6.35. The van der Waals surface area contributed by atoms with Crippen molar-refractivity contribution in [1.82, 2.24) is 25.5 Å². The van der Waals surface area contributed by atoms with E-state index in [1.807, 2.05) is 0 Å². The van der Waals surface area contributed by atoms with Gasteiger partial charge in [0.05, 0.1) is 23.4 Å². The number of nitrogens with zero attached hydrogens (tertiary/aromatic N) is 4. The van der Waals surface area contributed by atoms with E-state index in [0.29, 0.717) is 22.5 Å². The summed E-state index contributed by atoms with van der Waals surface area (Å²) >= 11 is 5.98. The van der Waals surface area contributed by atoms with Crippen LogP contribution < -0.4 is 16.0 Å². The monoisotopic (exact) mass is 663 g/mol. The van der Waals surface area contributed by atoms with Crippen LogP contribution in [0.3, 0.4) is 0 Å². The Morgan fingerprint density at radius 1 is 0.979 bits per heavy atom. The van der Waals surface area contributed by atoms with E-state index in [0.717, 1.165) is 6.08 Å². The molecule has 1 aromatic heterocycles. The molecule has 4 rings (SSSR count). The van der Waals surface area contributed by atoms with Crippen molar-refractivity contribution in [3.63, 3.8) is 0 Å². The van der Waals surface area contributed by atoms with Gasteiger partial charge in [0.25, 0.3) is 0 Å². The molecule has 0 fully saturated rings. The van der Waals surface area contributed by atoms with Crippen molar-refractivity contribution in [2.45, 2.75) is 38.8 Å². The molecule has 0 saturated heterocycles. The molecule has 0 saturated carbocycles. The van der Waals surface area contributed by atoms with Crippen LogP contribution in [0.15, 0.2) is 73.1 Å². The number of amides is 3. The lowest BCUT2D eigenvalue weighted by molar-refractivity contribution is -0.123. The molecule has 244 valence electrons. The standard InChI is InChI=1S/C32H31ClFN7O6/c1-32(2,3)47-30(44)20-7-11-21(12-8-20)36-29(43)25(17-19-5-9-22(10-6-19)37-31(45)46-4)38-27(42)16-13-23-26(41-18-35-39-40-41)15-14-24(33)28(23)34/h5-16,18,25H,17H2,1-4H3,(H,36,43)(H,37,45)(H,38,42). The van der Waals surface area contributed by atoms with E-state index in [1.165, 1.54) is 60.6 Å². The highest BCUT2D eigenvalue weighted by atomic mass is 35.5. The molecular weight excluding hydrogens is 633 g/mol. The van der Waals surface area contributed by atoms with Gasteiger partial charge in [-0.2, -0.15) is 4.68 Å². The smallest absolute Gasteiger partial charge is 0.411 e. The Hall–Kier alpha value is -5.63. The van der Waals surface area contributed by atoms with Crippen LogP contribution in [0.25, 0.3) is 11.8 Å². The maximum atomic E-state index is 15.0. The highest BCUT2D eigenvalue weighted by Gasteiger charge is 2.22. The zero-order chi connectivity index (χ0) is 34.1. The van der Waals surface area contributed by atoms with E-state index >= 15 is 0 Å². The summed E-state index contributed by atoms with van der Waals surface area (Å²) in [5.41, 5.74) is 1.26. The number of rotatable bonds is 10. The molecule has 0 aliphatic carbocycles. The third-order valence-corrected chi connectivity index (χ3v) is 6.64. The first-order valence-electron chi connectivity index (χ1n) is 14.1. The predicted octanol–water partition coefficient (Wildman–Crippen LogP) is 4.97. The van der Waals surface area contributed by atoms with Crippen molar-refractivity contribution in [3.8, 4) is 5.69 Å². The van der Waals surface area contributed by atoms with Crippen LogP contribution in [0.4, 0.5) is 20.6 Å². The molecule has 3 amide bonds. The summed E-state index contributed by atoms with van der Waals surface area (Å²) in [6.45, 7) is 5.27. The Balaban J connectivity index is 1.54. The first kappa shape index (κ1) is 34.2. The number of aromatic nitrogens is 4. The van der Waals surface area contributed by atoms with Gasteiger partial charge in [-0.25, -0.2) is 14.0 Å². The van der Waals surface area contributed by atoms with Crippen molar-refractivity contribution < 1.29 is 33.0 Å². The first-order chi connectivity index (χ1) is 22.3. The lowest BCUT2D eigenvalue weighted by Gasteiger charge is -2.20. The zero-order valence-corrected chi connectivity index (χ0v) is 26.5. The molecule has 0 aliphatic rings. The summed E-state index contributed by atoms with van der Waals surface area (Å²) in [6.07, 6.45) is 2.91. The number of anilines is 2. The maximum Gasteiger partial charge on any atom is 0.411 e. The van der Waals surface area contributed by atoms with Gasteiger partial charge in [0, 0.05) is 29.4 Å². The zero-order valence-electron chi connectivity index (χ0n) is 25.8. The van der Waals surface area contributed by atoms with Gasteiger partial charge in [0.1, 0.15) is 18.0 Å². The molecule has 0 bridgehead atoms. The maximum absolute atomic E-state index is 15.0. The Kier molecular flexibility index (Phi) is 11.0. The lowest BCUT2D eigenvalue weighted by atomic mass is 10.0. The topological polar surface area (TPSA) is 166 Å². The van der Waals surface area contributed by atoms with Gasteiger partial charge in [-0.05, 0) is 91.4 Å². The molecule has 0 spiro atoms. The van der Waals surface area contributed by atoms with E-state index in [1.54, 1.807) is 45.0 Å². The molecular formula is C32H31ClFN7O6. The van der Waals surface area contributed by atoms with Crippen LogP contribution in [-0.4, -0.2) is 62.8 Å². The van der Waals surface area contributed by atoms with Gasteiger partial charge in [-0.15, -0.1) is 5.10 Å². The molecule has 1 heterocycles. The van der Waals surface area contributed by atoms with Gasteiger partial charge >= 0.3 is 12.1 Å². The summed E-state index contributed by atoms with van der Waals surface area (Å²) in [4.78, 5) is 50.5. The summed E-state index contributed by atoms with van der Waals surface area (Å²) in [6, 6.07) is 14.4. The van der Waals surface area contributed by atoms with Gasteiger partial charge in [-0.1, -0.05) is 23.7 Å². The molecule has 1 unspecified atom stereocenters. The predicted molar refractivity (Wildman–Crippen MR) is 172 cm³/mol. The number of ether oxygens (including phenoxy) is 2. The molecule has 13 nitrogen and oxygen atoms in total. The fourth-order valence-electron chi connectivity index (χ4n) is 4.16.